The summed E-state index contributed by atoms with van der Waals surface area (Å²) in [7, 11) is 0. The third-order valence-electron chi connectivity index (χ3n) is 6.38. The van der Waals surface area contributed by atoms with Gasteiger partial charge in [-0.2, -0.15) is 4.98 Å². The molecular weight excluding hydrogens is 443 g/mol. The van der Waals surface area contributed by atoms with Gasteiger partial charge in [0.1, 0.15) is 11.6 Å². The van der Waals surface area contributed by atoms with E-state index in [1.807, 2.05) is 60.4 Å². The van der Waals surface area contributed by atoms with Crippen LogP contribution in [0.4, 0.5) is 21.0 Å². The van der Waals surface area contributed by atoms with Crippen LogP contribution in [-0.2, 0) is 0 Å². The van der Waals surface area contributed by atoms with Gasteiger partial charge in [-0.15, -0.1) is 0 Å². The molecule has 0 radical (unpaired) electrons. The molecular formula is C27H27FN6O. The molecule has 3 aromatic carbocycles. The number of anilines is 2. The van der Waals surface area contributed by atoms with Crippen LogP contribution in [0, 0.1) is 5.82 Å². The fourth-order valence-electron chi connectivity index (χ4n) is 4.42. The van der Waals surface area contributed by atoms with Crippen molar-refractivity contribution in [2.75, 3.05) is 36.8 Å². The highest BCUT2D eigenvalue weighted by Crippen LogP contribution is 2.30. The number of urea groups is 1. The molecule has 1 aliphatic heterocycles. The number of amides is 2. The van der Waals surface area contributed by atoms with Crippen LogP contribution in [0.1, 0.15) is 18.5 Å². The Bertz CT molecular complexity index is 1340. The first-order valence-electron chi connectivity index (χ1n) is 11.7. The van der Waals surface area contributed by atoms with Crippen LogP contribution in [0.5, 0.6) is 0 Å². The Balaban J connectivity index is 1.33. The van der Waals surface area contributed by atoms with Crippen molar-refractivity contribution in [3.63, 3.8) is 0 Å². The van der Waals surface area contributed by atoms with Gasteiger partial charge in [-0.25, -0.2) is 14.2 Å². The third kappa shape index (κ3) is 4.87. The van der Waals surface area contributed by atoms with E-state index in [1.165, 1.54) is 12.1 Å². The summed E-state index contributed by atoms with van der Waals surface area (Å²) in [6.07, 6.45) is 0. The third-order valence-corrected chi connectivity index (χ3v) is 6.38. The lowest BCUT2D eigenvalue weighted by Crippen LogP contribution is -2.52. The minimum Gasteiger partial charge on any atom is -0.368 e. The molecule has 1 atom stereocenters. The summed E-state index contributed by atoms with van der Waals surface area (Å²) in [5.74, 6) is 0.680. The SMILES string of the molecule is C[C@@H](NC(=O)N1CCN(c2nc(N)nc3ccc(-c4ccc(F)cc4)cc23)CC1)c1ccccc1. The fourth-order valence-corrected chi connectivity index (χ4v) is 4.42. The summed E-state index contributed by atoms with van der Waals surface area (Å²) in [6.45, 7) is 4.36. The Morgan fingerprint density at radius 2 is 1.63 bits per heavy atom. The number of nitrogen functional groups attached to an aromatic ring is 1. The van der Waals surface area contributed by atoms with Crippen LogP contribution in [-0.4, -0.2) is 47.1 Å². The maximum atomic E-state index is 13.4. The lowest BCUT2D eigenvalue weighted by molar-refractivity contribution is 0.191. The van der Waals surface area contributed by atoms with E-state index in [2.05, 4.69) is 20.2 Å². The molecule has 2 heterocycles. The predicted molar refractivity (Wildman–Crippen MR) is 137 cm³/mol. The maximum absolute atomic E-state index is 13.4. The number of fused-ring (bicyclic) bond motifs is 1. The summed E-state index contributed by atoms with van der Waals surface area (Å²) >= 11 is 0. The van der Waals surface area contributed by atoms with Gasteiger partial charge in [-0.3, -0.25) is 0 Å². The molecule has 8 heteroatoms. The van der Waals surface area contributed by atoms with Crippen molar-refractivity contribution in [1.29, 1.82) is 0 Å². The Morgan fingerprint density at radius 1 is 0.943 bits per heavy atom. The number of carbonyl (C=O) groups excluding carboxylic acids is 1. The Labute approximate surface area is 203 Å². The van der Waals surface area contributed by atoms with Crippen LogP contribution >= 0.6 is 0 Å². The number of rotatable bonds is 4. The number of nitrogens with two attached hydrogens (primary N) is 1. The van der Waals surface area contributed by atoms with Crippen LogP contribution in [0.3, 0.4) is 0 Å². The molecule has 1 fully saturated rings. The van der Waals surface area contributed by atoms with Gasteiger partial charge < -0.3 is 20.9 Å². The number of nitrogens with zero attached hydrogens (tertiary/aromatic N) is 4. The molecule has 0 spiro atoms. The van der Waals surface area contributed by atoms with Gasteiger partial charge in [-0.05, 0) is 47.9 Å². The number of nitrogens with one attached hydrogen (secondary N) is 1. The van der Waals surface area contributed by atoms with Crippen LogP contribution in [0.15, 0.2) is 72.8 Å². The monoisotopic (exact) mass is 470 g/mol. The van der Waals surface area contributed by atoms with E-state index in [1.54, 1.807) is 12.1 Å². The van der Waals surface area contributed by atoms with Crippen molar-refractivity contribution in [3.8, 4) is 11.1 Å². The molecule has 4 aromatic rings. The van der Waals surface area contributed by atoms with Gasteiger partial charge in [0.15, 0.2) is 0 Å². The molecule has 1 aliphatic rings. The van der Waals surface area contributed by atoms with Crippen molar-refractivity contribution in [1.82, 2.24) is 20.2 Å². The second-order valence-corrected chi connectivity index (χ2v) is 8.70. The standard InChI is InChI=1S/C27H27FN6O/c1-18(19-5-3-2-4-6-19)30-27(35)34-15-13-33(14-16-34)25-23-17-21(20-7-10-22(28)11-8-20)9-12-24(23)31-26(29)32-25/h2-12,17-18H,13-16H2,1H3,(H,30,35)(H2,29,31,32)/t18-/m1/s1. The highest BCUT2D eigenvalue weighted by molar-refractivity contribution is 5.94. The average molecular weight is 471 g/mol. The van der Waals surface area contributed by atoms with Crippen LogP contribution in [0.2, 0.25) is 0 Å². The second kappa shape index (κ2) is 9.58. The van der Waals surface area contributed by atoms with Crippen molar-refractivity contribution in [3.05, 3.63) is 84.2 Å². The first kappa shape index (κ1) is 22.6. The molecule has 2 amide bonds. The second-order valence-electron chi connectivity index (χ2n) is 8.70. The van der Waals surface area contributed by atoms with Gasteiger partial charge in [-0.1, -0.05) is 48.5 Å². The predicted octanol–water partition coefficient (Wildman–Crippen LogP) is 4.61. The number of piperazine rings is 1. The molecule has 7 nitrogen and oxygen atoms in total. The molecule has 178 valence electrons. The van der Waals surface area contributed by atoms with E-state index in [0.717, 1.165) is 33.4 Å². The molecule has 1 aromatic heterocycles. The molecule has 0 aliphatic carbocycles. The van der Waals surface area contributed by atoms with E-state index in [-0.39, 0.29) is 23.8 Å². The quantitative estimate of drug-likeness (QED) is 0.455. The Kier molecular flexibility index (Phi) is 6.18. The van der Waals surface area contributed by atoms with Gasteiger partial charge in [0.25, 0.3) is 0 Å². The summed E-state index contributed by atoms with van der Waals surface area (Å²) in [5.41, 5.74) is 9.68. The van der Waals surface area contributed by atoms with Gasteiger partial charge in [0, 0.05) is 31.6 Å². The molecule has 1 saturated heterocycles. The smallest absolute Gasteiger partial charge is 0.317 e. The van der Waals surface area contributed by atoms with E-state index >= 15 is 0 Å². The zero-order valence-electron chi connectivity index (χ0n) is 19.5. The zero-order chi connectivity index (χ0) is 24.4. The summed E-state index contributed by atoms with van der Waals surface area (Å²) in [4.78, 5) is 25.7. The van der Waals surface area contributed by atoms with Gasteiger partial charge in [0.05, 0.1) is 11.6 Å². The van der Waals surface area contributed by atoms with Crippen molar-refractivity contribution in [2.45, 2.75) is 13.0 Å². The maximum Gasteiger partial charge on any atom is 0.317 e. The topological polar surface area (TPSA) is 87.4 Å². The van der Waals surface area contributed by atoms with E-state index in [9.17, 15) is 9.18 Å². The molecule has 3 N–H and O–H groups in total. The fraction of sp³-hybridized carbons (Fsp3) is 0.222. The zero-order valence-corrected chi connectivity index (χ0v) is 19.5. The number of benzene rings is 3. The first-order valence-corrected chi connectivity index (χ1v) is 11.7. The number of aromatic nitrogens is 2. The van der Waals surface area contributed by atoms with Crippen molar-refractivity contribution < 1.29 is 9.18 Å². The number of carbonyl (C=O) groups is 1. The van der Waals surface area contributed by atoms with Crippen LogP contribution in [0.25, 0.3) is 22.0 Å². The summed E-state index contributed by atoms with van der Waals surface area (Å²) in [6, 6.07) is 22.0. The Morgan fingerprint density at radius 3 is 2.34 bits per heavy atom. The highest BCUT2D eigenvalue weighted by Gasteiger charge is 2.25. The highest BCUT2D eigenvalue weighted by atomic mass is 19.1. The van der Waals surface area contributed by atoms with E-state index in [4.69, 9.17) is 5.73 Å². The van der Waals surface area contributed by atoms with Crippen molar-refractivity contribution in [2.24, 2.45) is 0 Å². The minimum atomic E-state index is -0.272. The summed E-state index contributed by atoms with van der Waals surface area (Å²) in [5, 5.41) is 3.96. The lowest BCUT2D eigenvalue weighted by atomic mass is 10.0. The van der Waals surface area contributed by atoms with Gasteiger partial charge in [0.2, 0.25) is 5.95 Å². The largest absolute Gasteiger partial charge is 0.368 e. The molecule has 0 saturated carbocycles. The van der Waals surface area contributed by atoms with Gasteiger partial charge >= 0.3 is 6.03 Å². The molecule has 0 bridgehead atoms. The van der Waals surface area contributed by atoms with Crippen LogP contribution < -0.4 is 16.0 Å². The van der Waals surface area contributed by atoms with Crippen molar-refractivity contribution >= 4 is 28.7 Å². The average Bonchev–Trinajstić information content (AvgIpc) is 2.89. The number of hydrogen-bond donors (Lipinski definition) is 2. The lowest BCUT2D eigenvalue weighted by Gasteiger charge is -2.36. The molecule has 5 rings (SSSR count). The van der Waals surface area contributed by atoms with E-state index < -0.39 is 0 Å². The minimum absolute atomic E-state index is 0.0720. The molecule has 0 unspecified atom stereocenters. The number of halogens is 1. The molecule has 35 heavy (non-hydrogen) atoms. The van der Waals surface area contributed by atoms with E-state index in [0.29, 0.717) is 26.2 Å². The first-order chi connectivity index (χ1) is 17.0. The number of hydrogen-bond acceptors (Lipinski definition) is 5. The normalized spacial score (nSPS) is 14.7. The Hall–Kier alpha value is -4.20. The summed E-state index contributed by atoms with van der Waals surface area (Å²) < 4.78 is 13.4.